The third-order valence-electron chi connectivity index (χ3n) is 3.75. The van der Waals surface area contributed by atoms with Crippen molar-refractivity contribution in [3.05, 3.63) is 59.7 Å². The summed E-state index contributed by atoms with van der Waals surface area (Å²) in [5.41, 5.74) is 3.88. The number of benzene rings is 2. The Labute approximate surface area is 147 Å². The van der Waals surface area contributed by atoms with Gasteiger partial charge in [0.05, 0.1) is 12.2 Å². The van der Waals surface area contributed by atoms with Gasteiger partial charge in [-0.05, 0) is 43.7 Å². The third kappa shape index (κ3) is 3.79. The third-order valence-corrected chi connectivity index (χ3v) is 4.82. The lowest BCUT2D eigenvalue weighted by atomic mass is 10.2. The zero-order chi connectivity index (χ0) is 17.1. The zero-order valence-corrected chi connectivity index (χ0v) is 14.9. The van der Waals surface area contributed by atoms with E-state index >= 15 is 0 Å². The van der Waals surface area contributed by atoms with Gasteiger partial charge in [0.25, 0.3) is 0 Å². The Morgan fingerprint density at radius 2 is 1.92 bits per heavy atom. The second-order valence-corrected chi connectivity index (χ2v) is 7.43. The monoisotopic (exact) mass is 339 g/mol. The van der Waals surface area contributed by atoms with E-state index in [0.717, 1.165) is 34.2 Å². The summed E-state index contributed by atoms with van der Waals surface area (Å²) >= 11 is 1.63. The molecule has 2 aromatic rings. The molecule has 0 aliphatic carbocycles. The van der Waals surface area contributed by atoms with Crippen molar-refractivity contribution in [2.24, 2.45) is 4.99 Å². The van der Waals surface area contributed by atoms with Crippen LogP contribution in [-0.2, 0) is 0 Å². The molecule has 0 aromatic heterocycles. The van der Waals surface area contributed by atoms with Crippen molar-refractivity contribution in [2.45, 2.75) is 26.0 Å². The molecule has 0 saturated carbocycles. The van der Waals surface area contributed by atoms with Gasteiger partial charge in [0, 0.05) is 10.9 Å². The van der Waals surface area contributed by atoms with Crippen molar-refractivity contribution in [3.8, 4) is 0 Å². The van der Waals surface area contributed by atoms with E-state index in [1.807, 2.05) is 62.4 Å². The molecule has 124 valence electrons. The van der Waals surface area contributed by atoms with Crippen molar-refractivity contribution in [1.82, 2.24) is 0 Å². The second kappa shape index (κ2) is 7.09. The first-order valence-corrected chi connectivity index (χ1v) is 8.86. The minimum absolute atomic E-state index is 0.190. The summed E-state index contributed by atoms with van der Waals surface area (Å²) in [6, 6.07) is 15.5. The minimum Gasteiger partial charge on any atom is -0.307 e. The molecule has 0 saturated heterocycles. The summed E-state index contributed by atoms with van der Waals surface area (Å²) in [7, 11) is 0. The van der Waals surface area contributed by atoms with E-state index in [0.29, 0.717) is 5.25 Å². The number of amides is 2. The van der Waals surface area contributed by atoms with E-state index in [-0.39, 0.29) is 6.03 Å². The van der Waals surface area contributed by atoms with E-state index < -0.39 is 0 Å². The van der Waals surface area contributed by atoms with Crippen molar-refractivity contribution >= 4 is 34.3 Å². The van der Waals surface area contributed by atoms with Gasteiger partial charge in [-0.2, -0.15) is 0 Å². The number of aliphatic imine (C=N–C) groups is 1. The number of urea groups is 1. The molecular formula is C19H21N3OS. The summed E-state index contributed by atoms with van der Waals surface area (Å²) < 4.78 is 0. The number of amidine groups is 1. The first-order valence-electron chi connectivity index (χ1n) is 7.98. The number of aryl methyl sites for hydroxylation is 2. The summed E-state index contributed by atoms with van der Waals surface area (Å²) in [4.78, 5) is 19.1. The van der Waals surface area contributed by atoms with Gasteiger partial charge in [-0.15, -0.1) is 0 Å². The van der Waals surface area contributed by atoms with Gasteiger partial charge in [-0.3, -0.25) is 4.99 Å². The van der Waals surface area contributed by atoms with Crippen LogP contribution in [0.15, 0.2) is 53.5 Å². The largest absolute Gasteiger partial charge is 0.332 e. The molecule has 1 atom stereocenters. The van der Waals surface area contributed by atoms with Crippen LogP contribution in [0.3, 0.4) is 0 Å². The predicted molar refractivity (Wildman–Crippen MR) is 103 cm³/mol. The maximum atomic E-state index is 12.9. The van der Waals surface area contributed by atoms with Crippen LogP contribution < -0.4 is 10.2 Å². The fourth-order valence-corrected chi connectivity index (χ4v) is 3.43. The van der Waals surface area contributed by atoms with E-state index in [4.69, 9.17) is 0 Å². The molecule has 4 nitrogen and oxygen atoms in total. The molecule has 1 N–H and O–H groups in total. The van der Waals surface area contributed by atoms with Crippen LogP contribution in [0.1, 0.15) is 18.1 Å². The highest BCUT2D eigenvalue weighted by atomic mass is 32.2. The van der Waals surface area contributed by atoms with Gasteiger partial charge in [0.1, 0.15) is 0 Å². The Morgan fingerprint density at radius 1 is 1.17 bits per heavy atom. The topological polar surface area (TPSA) is 44.7 Å². The Hall–Kier alpha value is -2.27. The molecule has 2 aromatic carbocycles. The fraction of sp³-hybridized carbons (Fsp3) is 0.263. The number of hydrogen-bond acceptors (Lipinski definition) is 3. The molecule has 0 bridgehead atoms. The van der Waals surface area contributed by atoms with Crippen molar-refractivity contribution in [3.63, 3.8) is 0 Å². The number of thioether (sulfide) groups is 1. The van der Waals surface area contributed by atoms with Gasteiger partial charge in [0.15, 0.2) is 5.17 Å². The molecule has 0 spiro atoms. The maximum Gasteiger partial charge on any atom is 0.332 e. The summed E-state index contributed by atoms with van der Waals surface area (Å²) in [6.45, 7) is 6.90. The van der Waals surface area contributed by atoms with E-state index in [9.17, 15) is 4.79 Å². The summed E-state index contributed by atoms with van der Waals surface area (Å²) in [6.07, 6.45) is 0. The molecule has 1 heterocycles. The summed E-state index contributed by atoms with van der Waals surface area (Å²) in [5, 5.41) is 4.11. The Kier molecular flexibility index (Phi) is 4.90. The lowest BCUT2D eigenvalue weighted by Crippen LogP contribution is -2.38. The number of carbonyl (C=O) groups is 1. The Balaban J connectivity index is 1.89. The van der Waals surface area contributed by atoms with Crippen molar-refractivity contribution in [2.75, 3.05) is 16.8 Å². The molecule has 24 heavy (non-hydrogen) atoms. The second-order valence-electron chi connectivity index (χ2n) is 6.02. The molecule has 1 aliphatic rings. The van der Waals surface area contributed by atoms with Gasteiger partial charge >= 0.3 is 6.03 Å². The van der Waals surface area contributed by atoms with Crippen LogP contribution in [-0.4, -0.2) is 23.0 Å². The van der Waals surface area contributed by atoms with Crippen LogP contribution in [0.2, 0.25) is 0 Å². The number of anilines is 2. The smallest absolute Gasteiger partial charge is 0.307 e. The zero-order valence-electron chi connectivity index (χ0n) is 14.1. The average Bonchev–Trinajstić information content (AvgIpc) is 2.96. The molecular weight excluding hydrogens is 318 g/mol. The highest BCUT2D eigenvalue weighted by Gasteiger charge is 2.27. The van der Waals surface area contributed by atoms with Crippen LogP contribution in [0, 0.1) is 13.8 Å². The van der Waals surface area contributed by atoms with E-state index in [1.54, 1.807) is 16.7 Å². The van der Waals surface area contributed by atoms with E-state index in [2.05, 4.69) is 17.2 Å². The Bertz CT molecular complexity index is 770. The van der Waals surface area contributed by atoms with Crippen molar-refractivity contribution in [1.29, 1.82) is 0 Å². The molecule has 0 fully saturated rings. The van der Waals surface area contributed by atoms with Gasteiger partial charge < -0.3 is 5.32 Å². The average molecular weight is 339 g/mol. The highest BCUT2D eigenvalue weighted by Crippen LogP contribution is 2.28. The van der Waals surface area contributed by atoms with Gasteiger partial charge in [0.2, 0.25) is 0 Å². The lowest BCUT2D eigenvalue weighted by molar-refractivity contribution is 0.259. The van der Waals surface area contributed by atoms with Gasteiger partial charge in [-0.25, -0.2) is 9.69 Å². The maximum absolute atomic E-state index is 12.9. The number of rotatable bonds is 2. The van der Waals surface area contributed by atoms with Crippen LogP contribution >= 0.6 is 11.8 Å². The minimum atomic E-state index is -0.190. The first kappa shape index (κ1) is 16.6. The Morgan fingerprint density at radius 3 is 2.54 bits per heavy atom. The van der Waals surface area contributed by atoms with Crippen LogP contribution in [0.4, 0.5) is 16.2 Å². The molecule has 1 aliphatic heterocycles. The fourth-order valence-electron chi connectivity index (χ4n) is 2.48. The molecule has 5 heteroatoms. The van der Waals surface area contributed by atoms with Gasteiger partial charge in [-0.1, -0.05) is 48.5 Å². The summed E-state index contributed by atoms with van der Waals surface area (Å²) in [5.74, 6) is 0. The number of carbonyl (C=O) groups excluding carboxylic acids is 1. The van der Waals surface area contributed by atoms with E-state index in [1.165, 1.54) is 0 Å². The number of nitrogens with zero attached hydrogens (tertiary/aromatic N) is 2. The van der Waals surface area contributed by atoms with Crippen LogP contribution in [0.25, 0.3) is 0 Å². The predicted octanol–water partition coefficient (Wildman–Crippen LogP) is 4.83. The lowest BCUT2D eigenvalue weighted by Gasteiger charge is -2.23. The number of nitrogens with one attached hydrogen (secondary N) is 1. The highest BCUT2D eigenvalue weighted by molar-refractivity contribution is 8.15. The molecule has 1 unspecified atom stereocenters. The molecule has 0 radical (unpaired) electrons. The van der Waals surface area contributed by atoms with Crippen LogP contribution in [0.5, 0.6) is 0 Å². The molecule has 3 rings (SSSR count). The van der Waals surface area contributed by atoms with Crippen molar-refractivity contribution < 1.29 is 4.79 Å². The SMILES string of the molecule is Cc1ccc(NC(=O)N(C2=NCC(C)S2)c2cccc(C)c2)cc1. The standard InChI is InChI=1S/C19H21N3OS/c1-13-7-9-16(10-8-13)21-18(23)22(19-20-12-15(3)24-19)17-6-4-5-14(2)11-17/h4-11,15H,12H2,1-3H3,(H,21,23). The first-order chi connectivity index (χ1) is 11.5. The number of hydrogen-bond donors (Lipinski definition) is 1. The quantitative estimate of drug-likeness (QED) is 0.851. The molecule has 2 amide bonds. The normalized spacial score (nSPS) is 16.6.